The second-order valence-corrected chi connectivity index (χ2v) is 13.7. The van der Waals surface area contributed by atoms with E-state index >= 15 is 0 Å². The molecule has 5 atom stereocenters. The van der Waals surface area contributed by atoms with Gasteiger partial charge in [-0.15, -0.1) is 13.2 Å². The van der Waals surface area contributed by atoms with Gasteiger partial charge in [0, 0.05) is 12.6 Å². The number of anilines is 1. The third-order valence-electron chi connectivity index (χ3n) is 6.62. The predicted molar refractivity (Wildman–Crippen MR) is 177 cm³/mol. The molecule has 3 rings (SSSR count). The van der Waals surface area contributed by atoms with Crippen molar-refractivity contribution >= 4 is 27.6 Å². The van der Waals surface area contributed by atoms with Crippen molar-refractivity contribution in [1.29, 1.82) is 0 Å². The summed E-state index contributed by atoms with van der Waals surface area (Å²) in [4.78, 5) is 29.3. The van der Waals surface area contributed by atoms with Crippen LogP contribution in [0.15, 0.2) is 72.7 Å². The number of carbonyl (C=O) groups excluding carboxylic acids is 1. The van der Waals surface area contributed by atoms with Gasteiger partial charge in [0.05, 0.1) is 33.0 Å². The highest BCUT2D eigenvalue weighted by atomic mass is 31.2. The summed E-state index contributed by atoms with van der Waals surface area (Å²) < 4.78 is 72.6. The summed E-state index contributed by atoms with van der Waals surface area (Å²) in [5.74, 6) is -0.0452. The molecule has 48 heavy (non-hydrogen) atoms. The maximum absolute atomic E-state index is 13.6. The Bertz CT molecular complexity index is 1460. The summed E-state index contributed by atoms with van der Waals surface area (Å²) in [5, 5.41) is 2.42. The summed E-state index contributed by atoms with van der Waals surface area (Å²) in [6.07, 6.45) is 3.03. The fraction of sp³-hybridized carbons (Fsp3) is 0.516. The zero-order valence-electron chi connectivity index (χ0n) is 27.3. The molecule has 1 fully saturated rings. The molecule has 0 aliphatic carbocycles. The summed E-state index contributed by atoms with van der Waals surface area (Å²) >= 11 is 0. The smallest absolute Gasteiger partial charge is 0.444 e. The monoisotopic (exact) mass is 713 g/mol. The normalized spacial score (nSPS) is 20.0. The lowest BCUT2D eigenvalue weighted by Crippen LogP contribution is -2.29. The molecule has 1 aliphatic heterocycles. The minimum absolute atomic E-state index is 0.0300. The van der Waals surface area contributed by atoms with E-state index in [4.69, 9.17) is 36.6 Å². The van der Waals surface area contributed by atoms with Crippen LogP contribution >= 0.6 is 15.6 Å². The topological polar surface area (TPSA) is 172 Å². The molecule has 0 saturated carbocycles. The average molecular weight is 714 g/mol. The molecule has 0 bridgehead atoms. The maximum atomic E-state index is 13.6. The van der Waals surface area contributed by atoms with Crippen LogP contribution in [0.2, 0.25) is 0 Å². The molecule has 1 aromatic carbocycles. The average Bonchev–Trinajstić information content (AvgIpc) is 3.47. The molecular formula is C31H45N3O12P2. The first-order valence-corrected chi connectivity index (χ1v) is 18.6. The molecule has 266 valence electrons. The van der Waals surface area contributed by atoms with E-state index in [1.54, 1.807) is 12.1 Å². The molecule has 0 radical (unpaired) electrons. The number of nitrogens with zero attached hydrogens (tertiary/aromatic N) is 2. The SMILES string of the molecule is C=CCOP(=O)(OCCCC)OC[C@H]1O[C@@H](n2ccc(NC(=O)OCc3ccccc3)nc2=O)C[C@@H]1OP(=O)(OCC=C)OCCCC. The molecule has 1 N–H and O–H groups in total. The van der Waals surface area contributed by atoms with Crippen molar-refractivity contribution in [1.82, 2.24) is 9.55 Å². The van der Waals surface area contributed by atoms with Crippen LogP contribution in [0.25, 0.3) is 0 Å². The number of amides is 1. The van der Waals surface area contributed by atoms with Crippen LogP contribution in [0.3, 0.4) is 0 Å². The standard InChI is InChI=1S/C31H45N3O12P2/c1-5-9-20-42-47(37,40-18-7-3)44-24-27-26(46-48(38,41-19-8-4)43-21-10-6-2)22-29(45-27)34-17-16-28(32-30(34)35)33-31(36)39-23-25-14-12-11-13-15-25/h7-8,11-17,26-27,29H,3-6,9-10,18-24H2,1-2H3,(H,32,33,35,36)/t26-,27+,29+,47?,48?/m0/s1. The van der Waals surface area contributed by atoms with E-state index in [0.717, 1.165) is 23.0 Å². The largest absolute Gasteiger partial charge is 0.475 e. The first-order chi connectivity index (χ1) is 23.1. The number of phosphoric acid groups is 2. The summed E-state index contributed by atoms with van der Waals surface area (Å²) in [7, 11) is -8.22. The quantitative estimate of drug-likeness (QED) is 0.0714. The molecular weight excluding hydrogens is 668 g/mol. The van der Waals surface area contributed by atoms with Crippen LogP contribution in [0.1, 0.15) is 57.7 Å². The number of nitrogens with one attached hydrogen (secondary N) is 1. The molecule has 1 amide bonds. The van der Waals surface area contributed by atoms with Crippen LogP contribution in [0.4, 0.5) is 10.6 Å². The molecule has 2 heterocycles. The van der Waals surface area contributed by atoms with Gasteiger partial charge in [-0.3, -0.25) is 37.0 Å². The fourth-order valence-electron chi connectivity index (χ4n) is 4.17. The number of carbonyl (C=O) groups is 1. The van der Waals surface area contributed by atoms with E-state index in [9.17, 15) is 18.7 Å². The molecule has 17 heteroatoms. The summed E-state index contributed by atoms with van der Waals surface area (Å²) in [6, 6.07) is 10.5. The van der Waals surface area contributed by atoms with Crippen molar-refractivity contribution in [3.8, 4) is 0 Å². The number of phosphoric ester groups is 2. The van der Waals surface area contributed by atoms with Crippen molar-refractivity contribution < 1.29 is 50.5 Å². The van der Waals surface area contributed by atoms with Crippen LogP contribution < -0.4 is 11.0 Å². The summed E-state index contributed by atoms with van der Waals surface area (Å²) in [5.41, 5.74) is 0.0189. The Morgan fingerprint density at radius 2 is 1.62 bits per heavy atom. The van der Waals surface area contributed by atoms with Gasteiger partial charge in [0.25, 0.3) is 0 Å². The van der Waals surface area contributed by atoms with Gasteiger partial charge >= 0.3 is 27.4 Å². The van der Waals surface area contributed by atoms with Crippen molar-refractivity contribution in [2.24, 2.45) is 0 Å². The number of aromatic nitrogens is 2. The van der Waals surface area contributed by atoms with Crippen LogP contribution in [-0.4, -0.2) is 60.9 Å². The van der Waals surface area contributed by atoms with Crippen molar-refractivity contribution in [2.75, 3.05) is 38.4 Å². The molecule has 15 nitrogen and oxygen atoms in total. The highest BCUT2D eigenvalue weighted by molar-refractivity contribution is 7.48. The number of rotatable bonds is 23. The zero-order chi connectivity index (χ0) is 34.8. The molecule has 1 aliphatic rings. The van der Waals surface area contributed by atoms with Crippen LogP contribution in [0.5, 0.6) is 0 Å². The van der Waals surface area contributed by atoms with Gasteiger partial charge in [-0.05, 0) is 24.5 Å². The molecule has 1 saturated heterocycles. The van der Waals surface area contributed by atoms with Crippen molar-refractivity contribution in [3.63, 3.8) is 0 Å². The Hall–Kier alpha value is -2.97. The molecule has 2 aromatic rings. The summed E-state index contributed by atoms with van der Waals surface area (Å²) in [6.45, 7) is 10.7. The first kappa shape index (κ1) is 39.5. The first-order valence-electron chi connectivity index (χ1n) is 15.7. The van der Waals surface area contributed by atoms with E-state index in [0.29, 0.717) is 12.8 Å². The van der Waals surface area contributed by atoms with Gasteiger partial charge in [0.2, 0.25) is 0 Å². The Morgan fingerprint density at radius 1 is 0.979 bits per heavy atom. The number of ether oxygens (including phenoxy) is 2. The molecule has 1 aromatic heterocycles. The van der Waals surface area contributed by atoms with E-state index in [2.05, 4.69) is 23.5 Å². The lowest BCUT2D eigenvalue weighted by Gasteiger charge is -2.25. The lowest BCUT2D eigenvalue weighted by molar-refractivity contribution is -0.0491. The highest BCUT2D eigenvalue weighted by Crippen LogP contribution is 2.54. The predicted octanol–water partition coefficient (Wildman–Crippen LogP) is 6.94. The highest BCUT2D eigenvalue weighted by Gasteiger charge is 2.44. The van der Waals surface area contributed by atoms with Gasteiger partial charge in [-0.2, -0.15) is 4.98 Å². The van der Waals surface area contributed by atoms with E-state index in [-0.39, 0.29) is 45.3 Å². The minimum atomic E-state index is -4.15. The van der Waals surface area contributed by atoms with Crippen molar-refractivity contribution in [3.05, 3.63) is 84.0 Å². The number of hydrogen-bond acceptors (Lipinski definition) is 13. The minimum Gasteiger partial charge on any atom is -0.444 e. The number of hydrogen-bond donors (Lipinski definition) is 1. The lowest BCUT2D eigenvalue weighted by atomic mass is 10.2. The van der Waals surface area contributed by atoms with E-state index in [1.807, 2.05) is 32.0 Å². The third-order valence-corrected chi connectivity index (χ3v) is 9.54. The molecule has 0 spiro atoms. The van der Waals surface area contributed by atoms with Crippen LogP contribution in [-0.2, 0) is 52.4 Å². The Morgan fingerprint density at radius 3 is 2.25 bits per heavy atom. The Kier molecular flexibility index (Phi) is 16.9. The second kappa shape index (κ2) is 20.5. The van der Waals surface area contributed by atoms with Gasteiger partial charge < -0.3 is 9.47 Å². The molecule has 2 unspecified atom stereocenters. The fourth-order valence-corrected chi connectivity index (χ4v) is 6.75. The van der Waals surface area contributed by atoms with Gasteiger partial charge in [-0.25, -0.2) is 18.7 Å². The zero-order valence-corrected chi connectivity index (χ0v) is 29.1. The van der Waals surface area contributed by atoms with Crippen molar-refractivity contribution in [2.45, 2.75) is 71.0 Å². The Labute approximate surface area is 280 Å². The number of unbranched alkanes of at least 4 members (excludes halogenated alkanes) is 2. The van der Waals surface area contributed by atoms with Crippen LogP contribution in [0, 0.1) is 0 Å². The number of benzene rings is 1. The van der Waals surface area contributed by atoms with Gasteiger partial charge in [0.1, 0.15) is 30.9 Å². The van der Waals surface area contributed by atoms with Gasteiger partial charge in [0.15, 0.2) is 0 Å². The van der Waals surface area contributed by atoms with Gasteiger partial charge in [-0.1, -0.05) is 69.2 Å². The second-order valence-electron chi connectivity index (χ2n) is 10.4. The maximum Gasteiger partial charge on any atom is 0.475 e. The third kappa shape index (κ3) is 13.1. The van der Waals surface area contributed by atoms with E-state index < -0.39 is 52.5 Å². The van der Waals surface area contributed by atoms with E-state index in [1.165, 1.54) is 24.4 Å². The Balaban J connectivity index is 1.78.